The molecule has 1 aliphatic rings. The highest BCUT2D eigenvalue weighted by Crippen LogP contribution is 2.32. The molecule has 0 bridgehead atoms. The maximum atomic E-state index is 5.08. The number of aromatic nitrogens is 5. The lowest BCUT2D eigenvalue weighted by Gasteiger charge is -2.47. The quantitative estimate of drug-likeness (QED) is 0.405. The van der Waals surface area contributed by atoms with Crippen LogP contribution in [-0.2, 0) is 19.0 Å². The molecule has 1 aromatic carbocycles. The SMILES string of the molecule is Cc1ccc(C(C)(C)C)cc1Nc1nc(N2CCN(Cc3ccncc3)C(C)(C)C2)nc2ncn(C)c12. The van der Waals surface area contributed by atoms with E-state index in [0.29, 0.717) is 5.65 Å². The number of hydrogen-bond donors (Lipinski definition) is 1. The summed E-state index contributed by atoms with van der Waals surface area (Å²) in [4.78, 5) is 23.5. The standard InChI is InChI=1S/C29H38N8/c1-20-8-9-22(28(2,3)4)16-23(20)32-26-24-25(31-19-35(24)7)33-27(34-26)36-14-15-37(29(5,6)18-36)17-21-10-12-30-13-11-21/h8-13,16,19H,14-15,17-18H2,1-7H3,(H,32,33,34). The van der Waals surface area contributed by atoms with Crippen LogP contribution in [0.5, 0.6) is 0 Å². The van der Waals surface area contributed by atoms with Crippen LogP contribution in [0.1, 0.15) is 51.3 Å². The zero-order chi connectivity index (χ0) is 26.4. The molecule has 1 aliphatic heterocycles. The number of benzene rings is 1. The van der Waals surface area contributed by atoms with Crippen LogP contribution >= 0.6 is 0 Å². The molecule has 1 fully saturated rings. The molecule has 8 heteroatoms. The van der Waals surface area contributed by atoms with Gasteiger partial charge in [-0.15, -0.1) is 0 Å². The van der Waals surface area contributed by atoms with Crippen molar-refractivity contribution in [3.63, 3.8) is 0 Å². The van der Waals surface area contributed by atoms with Crippen LogP contribution in [0.2, 0.25) is 0 Å². The highest BCUT2D eigenvalue weighted by atomic mass is 15.4. The predicted octanol–water partition coefficient (Wildman–Crippen LogP) is 5.21. The molecular formula is C29H38N8. The first kappa shape index (κ1) is 25.1. The van der Waals surface area contributed by atoms with E-state index in [2.05, 4.69) is 97.0 Å². The maximum absolute atomic E-state index is 5.08. The van der Waals surface area contributed by atoms with E-state index in [9.17, 15) is 0 Å². The van der Waals surface area contributed by atoms with Crippen molar-refractivity contribution in [2.24, 2.45) is 7.05 Å². The van der Waals surface area contributed by atoms with Crippen LogP contribution in [0.15, 0.2) is 49.1 Å². The first-order chi connectivity index (χ1) is 17.5. The molecule has 1 N–H and O–H groups in total. The molecule has 0 atom stereocenters. The number of imidazole rings is 1. The third-order valence-corrected chi connectivity index (χ3v) is 7.40. The first-order valence-corrected chi connectivity index (χ1v) is 13.0. The fraction of sp³-hybridized carbons (Fsp3) is 0.448. The summed E-state index contributed by atoms with van der Waals surface area (Å²) < 4.78 is 1.99. The Kier molecular flexibility index (Phi) is 6.40. The minimum Gasteiger partial charge on any atom is -0.338 e. The van der Waals surface area contributed by atoms with Gasteiger partial charge in [0.25, 0.3) is 0 Å². The van der Waals surface area contributed by atoms with Gasteiger partial charge in [-0.1, -0.05) is 32.9 Å². The lowest BCUT2D eigenvalue weighted by molar-refractivity contribution is 0.0956. The fourth-order valence-corrected chi connectivity index (χ4v) is 4.99. The molecule has 0 unspecified atom stereocenters. The van der Waals surface area contributed by atoms with E-state index >= 15 is 0 Å². The Balaban J connectivity index is 1.46. The monoisotopic (exact) mass is 498 g/mol. The van der Waals surface area contributed by atoms with Crippen molar-refractivity contribution in [2.75, 3.05) is 29.9 Å². The van der Waals surface area contributed by atoms with Gasteiger partial charge in [-0.3, -0.25) is 9.88 Å². The van der Waals surface area contributed by atoms with Gasteiger partial charge in [0, 0.05) is 56.8 Å². The van der Waals surface area contributed by atoms with E-state index in [0.717, 1.165) is 49.1 Å². The second-order valence-corrected chi connectivity index (χ2v) is 11.8. The summed E-state index contributed by atoms with van der Waals surface area (Å²) in [6.07, 6.45) is 5.53. The average Bonchev–Trinajstić information content (AvgIpc) is 3.22. The molecule has 0 radical (unpaired) electrons. The molecule has 4 aromatic rings. The second-order valence-electron chi connectivity index (χ2n) is 11.8. The summed E-state index contributed by atoms with van der Waals surface area (Å²) in [6.45, 7) is 16.9. The molecule has 0 spiro atoms. The Morgan fingerprint density at radius 3 is 2.49 bits per heavy atom. The van der Waals surface area contributed by atoms with Crippen LogP contribution in [0.25, 0.3) is 11.2 Å². The summed E-state index contributed by atoms with van der Waals surface area (Å²) in [6, 6.07) is 10.8. The van der Waals surface area contributed by atoms with Gasteiger partial charge >= 0.3 is 0 Å². The Labute approximate surface area is 219 Å². The largest absolute Gasteiger partial charge is 0.338 e. The van der Waals surface area contributed by atoms with Crippen molar-refractivity contribution in [1.29, 1.82) is 0 Å². The van der Waals surface area contributed by atoms with Crippen LogP contribution in [0.3, 0.4) is 0 Å². The normalized spacial score (nSPS) is 16.4. The number of rotatable bonds is 5. The highest BCUT2D eigenvalue weighted by Gasteiger charge is 2.35. The van der Waals surface area contributed by atoms with E-state index in [4.69, 9.17) is 9.97 Å². The van der Waals surface area contributed by atoms with Crippen LogP contribution < -0.4 is 10.2 Å². The minimum atomic E-state index is -0.0465. The van der Waals surface area contributed by atoms with Gasteiger partial charge in [-0.05, 0) is 61.1 Å². The third kappa shape index (κ3) is 5.16. The van der Waals surface area contributed by atoms with Crippen molar-refractivity contribution >= 4 is 28.6 Å². The van der Waals surface area contributed by atoms with Gasteiger partial charge in [0.15, 0.2) is 11.5 Å². The third-order valence-electron chi connectivity index (χ3n) is 7.40. The Bertz CT molecular complexity index is 1400. The molecule has 37 heavy (non-hydrogen) atoms. The molecule has 5 rings (SSSR count). The van der Waals surface area contributed by atoms with Crippen molar-refractivity contribution in [3.8, 4) is 0 Å². The molecule has 4 heterocycles. The van der Waals surface area contributed by atoms with Crippen molar-refractivity contribution < 1.29 is 0 Å². The number of piperazine rings is 1. The molecule has 8 nitrogen and oxygen atoms in total. The summed E-state index contributed by atoms with van der Waals surface area (Å²) in [7, 11) is 1.99. The molecule has 0 aliphatic carbocycles. The van der Waals surface area contributed by atoms with Crippen molar-refractivity contribution in [1.82, 2.24) is 29.4 Å². The number of anilines is 3. The highest BCUT2D eigenvalue weighted by molar-refractivity contribution is 5.87. The average molecular weight is 499 g/mol. The number of nitrogens with zero attached hydrogens (tertiary/aromatic N) is 7. The number of hydrogen-bond acceptors (Lipinski definition) is 7. The molecule has 1 saturated heterocycles. The molecule has 0 saturated carbocycles. The van der Waals surface area contributed by atoms with Crippen LogP contribution in [0, 0.1) is 6.92 Å². The number of aryl methyl sites for hydroxylation is 2. The molecule has 194 valence electrons. The van der Waals surface area contributed by atoms with E-state index in [1.807, 2.05) is 30.3 Å². The van der Waals surface area contributed by atoms with E-state index in [-0.39, 0.29) is 11.0 Å². The van der Waals surface area contributed by atoms with Crippen molar-refractivity contribution in [3.05, 3.63) is 65.7 Å². The van der Waals surface area contributed by atoms with Crippen LogP contribution in [0.4, 0.5) is 17.5 Å². The Morgan fingerprint density at radius 1 is 1.03 bits per heavy atom. The van der Waals surface area contributed by atoms with E-state index in [1.165, 1.54) is 16.7 Å². The zero-order valence-corrected chi connectivity index (χ0v) is 23.1. The van der Waals surface area contributed by atoms with Gasteiger partial charge < -0.3 is 14.8 Å². The summed E-state index contributed by atoms with van der Waals surface area (Å²) in [5, 5.41) is 3.64. The lowest BCUT2D eigenvalue weighted by Crippen LogP contribution is -2.59. The molecule has 3 aromatic heterocycles. The Morgan fingerprint density at radius 2 is 1.78 bits per heavy atom. The number of pyridine rings is 1. The zero-order valence-electron chi connectivity index (χ0n) is 23.1. The first-order valence-electron chi connectivity index (χ1n) is 13.0. The van der Waals surface area contributed by atoms with Gasteiger partial charge in [0.2, 0.25) is 5.95 Å². The second kappa shape index (κ2) is 9.41. The predicted molar refractivity (Wildman–Crippen MR) is 150 cm³/mol. The molecule has 0 amide bonds. The summed E-state index contributed by atoms with van der Waals surface area (Å²) in [5.74, 6) is 1.50. The van der Waals surface area contributed by atoms with E-state index in [1.54, 1.807) is 0 Å². The van der Waals surface area contributed by atoms with E-state index < -0.39 is 0 Å². The topological polar surface area (TPSA) is 75.0 Å². The number of nitrogens with one attached hydrogen (secondary N) is 1. The van der Waals surface area contributed by atoms with Crippen LogP contribution in [-0.4, -0.2) is 54.6 Å². The summed E-state index contributed by atoms with van der Waals surface area (Å²) >= 11 is 0. The Hall–Kier alpha value is -3.52. The molecular weight excluding hydrogens is 460 g/mol. The van der Waals surface area contributed by atoms with Crippen molar-refractivity contribution in [2.45, 2.75) is 59.0 Å². The lowest BCUT2D eigenvalue weighted by atomic mass is 9.86. The minimum absolute atomic E-state index is 0.0465. The smallest absolute Gasteiger partial charge is 0.229 e. The van der Waals surface area contributed by atoms with Gasteiger partial charge in [-0.2, -0.15) is 9.97 Å². The van der Waals surface area contributed by atoms with Gasteiger partial charge in [0.1, 0.15) is 5.52 Å². The van der Waals surface area contributed by atoms with Gasteiger partial charge in [0.05, 0.1) is 6.33 Å². The summed E-state index contributed by atoms with van der Waals surface area (Å²) in [5.41, 5.74) is 6.41. The fourth-order valence-electron chi connectivity index (χ4n) is 4.99. The number of fused-ring (bicyclic) bond motifs is 1. The van der Waals surface area contributed by atoms with Gasteiger partial charge in [-0.25, -0.2) is 4.98 Å². The maximum Gasteiger partial charge on any atom is 0.229 e.